The number of nitrogens with zero attached hydrogens (tertiary/aromatic N) is 1. The van der Waals surface area contributed by atoms with E-state index in [4.69, 9.17) is 10.5 Å². The summed E-state index contributed by atoms with van der Waals surface area (Å²) in [5.41, 5.74) is 4.77. The first-order chi connectivity index (χ1) is 8.88. The third kappa shape index (κ3) is 2.18. The summed E-state index contributed by atoms with van der Waals surface area (Å²) >= 11 is 0. The van der Waals surface area contributed by atoms with Gasteiger partial charge in [0.15, 0.2) is 12.0 Å². The third-order valence-electron chi connectivity index (χ3n) is 2.64. The first-order valence-electron chi connectivity index (χ1n) is 5.18. The molecule has 0 amide bonds. The van der Waals surface area contributed by atoms with Crippen LogP contribution in [0.25, 0.3) is 10.9 Å². The number of alkyl halides is 3. The van der Waals surface area contributed by atoms with Crippen molar-refractivity contribution in [3.8, 4) is 5.75 Å². The highest BCUT2D eigenvalue weighted by atomic mass is 19.4. The largest absolute Gasteiger partial charge is 0.494 e. The van der Waals surface area contributed by atoms with Gasteiger partial charge in [0.05, 0.1) is 18.3 Å². The molecule has 7 heteroatoms. The maximum Gasteiger partial charge on any atom is 0.433 e. The molecule has 0 radical (unpaired) electrons. The number of hydrogen-bond acceptors (Lipinski definition) is 4. The van der Waals surface area contributed by atoms with E-state index in [-0.39, 0.29) is 22.5 Å². The fourth-order valence-electron chi connectivity index (χ4n) is 1.75. The molecular weight excluding hydrogens is 261 g/mol. The van der Waals surface area contributed by atoms with Gasteiger partial charge in [-0.05, 0) is 18.2 Å². The number of carbonyl (C=O) groups is 1. The highest BCUT2D eigenvalue weighted by molar-refractivity contribution is 5.99. The Kier molecular flexibility index (Phi) is 3.05. The monoisotopic (exact) mass is 270 g/mol. The van der Waals surface area contributed by atoms with Crippen molar-refractivity contribution >= 4 is 22.9 Å². The van der Waals surface area contributed by atoms with E-state index in [2.05, 4.69) is 4.98 Å². The van der Waals surface area contributed by atoms with Crippen LogP contribution in [-0.4, -0.2) is 18.4 Å². The number of methoxy groups -OCH3 is 1. The smallest absolute Gasteiger partial charge is 0.433 e. The van der Waals surface area contributed by atoms with Crippen LogP contribution in [0.1, 0.15) is 16.1 Å². The van der Waals surface area contributed by atoms with Gasteiger partial charge in [-0.3, -0.25) is 4.79 Å². The molecule has 19 heavy (non-hydrogen) atoms. The fraction of sp³-hybridized carbons (Fsp3) is 0.167. The second kappa shape index (κ2) is 4.42. The highest BCUT2D eigenvalue weighted by Gasteiger charge is 2.32. The van der Waals surface area contributed by atoms with Crippen molar-refractivity contribution in [1.29, 1.82) is 0 Å². The quantitative estimate of drug-likeness (QED) is 0.673. The lowest BCUT2D eigenvalue weighted by Crippen LogP contribution is -2.08. The van der Waals surface area contributed by atoms with Crippen molar-refractivity contribution < 1.29 is 22.7 Å². The molecule has 0 spiro atoms. The Balaban J connectivity index is 2.80. The van der Waals surface area contributed by atoms with Crippen LogP contribution in [0.2, 0.25) is 0 Å². The van der Waals surface area contributed by atoms with Crippen LogP contribution < -0.4 is 10.5 Å². The number of nitrogens with two attached hydrogens (primary N) is 1. The van der Waals surface area contributed by atoms with Crippen molar-refractivity contribution in [2.24, 2.45) is 0 Å². The number of fused-ring (bicyclic) bond motifs is 1. The number of nitrogen functional groups attached to an aromatic ring is 1. The lowest BCUT2D eigenvalue weighted by molar-refractivity contribution is -0.140. The summed E-state index contributed by atoms with van der Waals surface area (Å²) in [4.78, 5) is 14.3. The number of rotatable bonds is 2. The average Bonchev–Trinajstić information content (AvgIpc) is 2.36. The van der Waals surface area contributed by atoms with E-state index in [0.29, 0.717) is 11.7 Å². The van der Waals surface area contributed by atoms with E-state index in [1.54, 1.807) is 0 Å². The number of ether oxygens (including phenoxy) is 1. The van der Waals surface area contributed by atoms with Crippen LogP contribution in [-0.2, 0) is 6.18 Å². The number of halogens is 3. The minimum atomic E-state index is -4.55. The van der Waals surface area contributed by atoms with Crippen molar-refractivity contribution in [1.82, 2.24) is 4.98 Å². The number of anilines is 1. The lowest BCUT2D eigenvalue weighted by atomic mass is 10.1. The first-order valence-corrected chi connectivity index (χ1v) is 5.18. The maximum absolute atomic E-state index is 12.6. The van der Waals surface area contributed by atoms with E-state index < -0.39 is 11.9 Å². The molecule has 1 heterocycles. The van der Waals surface area contributed by atoms with Crippen LogP contribution in [0.5, 0.6) is 5.75 Å². The van der Waals surface area contributed by atoms with Crippen LogP contribution in [0, 0.1) is 0 Å². The number of aldehydes is 1. The Morgan fingerprint density at radius 2 is 2.05 bits per heavy atom. The van der Waals surface area contributed by atoms with Gasteiger partial charge in [-0.25, -0.2) is 4.98 Å². The molecule has 0 bridgehead atoms. The van der Waals surface area contributed by atoms with Crippen LogP contribution in [0.15, 0.2) is 18.2 Å². The van der Waals surface area contributed by atoms with Gasteiger partial charge in [-0.15, -0.1) is 0 Å². The zero-order valence-corrected chi connectivity index (χ0v) is 9.78. The third-order valence-corrected chi connectivity index (χ3v) is 2.64. The van der Waals surface area contributed by atoms with E-state index in [1.165, 1.54) is 19.2 Å². The lowest BCUT2D eigenvalue weighted by Gasteiger charge is -2.12. The van der Waals surface area contributed by atoms with Crippen molar-refractivity contribution in [2.75, 3.05) is 12.8 Å². The molecule has 100 valence electrons. The molecule has 1 aromatic carbocycles. The highest BCUT2D eigenvalue weighted by Crippen LogP contribution is 2.36. The maximum atomic E-state index is 12.6. The Morgan fingerprint density at radius 1 is 1.37 bits per heavy atom. The summed E-state index contributed by atoms with van der Waals surface area (Å²) in [6, 6.07) is 3.26. The second-order valence-electron chi connectivity index (χ2n) is 3.79. The Labute approximate surface area is 106 Å². The minimum absolute atomic E-state index is 0.00275. The van der Waals surface area contributed by atoms with Crippen LogP contribution in [0.4, 0.5) is 18.9 Å². The first kappa shape index (κ1) is 13.1. The predicted octanol–water partition coefficient (Wildman–Crippen LogP) is 2.66. The molecule has 0 unspecified atom stereocenters. The van der Waals surface area contributed by atoms with Crippen LogP contribution >= 0.6 is 0 Å². The fourth-order valence-corrected chi connectivity index (χ4v) is 1.75. The molecule has 2 N–H and O–H groups in total. The van der Waals surface area contributed by atoms with Gasteiger partial charge in [0, 0.05) is 10.9 Å². The number of carbonyl (C=O) groups excluding carboxylic acids is 1. The van der Waals surface area contributed by atoms with Crippen molar-refractivity contribution in [3.63, 3.8) is 0 Å². The average molecular weight is 270 g/mol. The molecule has 2 aromatic rings. The molecule has 0 aliphatic rings. The zero-order chi connectivity index (χ0) is 14.2. The van der Waals surface area contributed by atoms with Gasteiger partial charge in [0.25, 0.3) is 0 Å². The summed E-state index contributed by atoms with van der Waals surface area (Å²) in [6.45, 7) is 0. The second-order valence-corrected chi connectivity index (χ2v) is 3.79. The number of aromatic nitrogens is 1. The summed E-state index contributed by atoms with van der Waals surface area (Å²) in [6.07, 6.45) is -4.11. The van der Waals surface area contributed by atoms with Gasteiger partial charge >= 0.3 is 6.18 Å². The van der Waals surface area contributed by atoms with E-state index in [9.17, 15) is 18.0 Å². The summed E-state index contributed by atoms with van der Waals surface area (Å²) in [5, 5.41) is 0.318. The molecule has 1 aromatic heterocycles. The Morgan fingerprint density at radius 3 is 2.58 bits per heavy atom. The van der Waals surface area contributed by atoms with Crippen molar-refractivity contribution in [2.45, 2.75) is 6.18 Å². The topological polar surface area (TPSA) is 65.2 Å². The molecular formula is C12H9F3N2O2. The number of benzene rings is 1. The Hall–Kier alpha value is -2.31. The molecule has 0 atom stereocenters. The predicted molar refractivity (Wildman–Crippen MR) is 63.1 cm³/mol. The molecule has 0 fully saturated rings. The Bertz CT molecular complexity index is 653. The van der Waals surface area contributed by atoms with E-state index in [1.807, 2.05) is 0 Å². The molecule has 0 aliphatic carbocycles. The summed E-state index contributed by atoms with van der Waals surface area (Å²) < 4.78 is 42.7. The van der Waals surface area contributed by atoms with Crippen molar-refractivity contribution in [3.05, 3.63) is 29.5 Å². The number of hydrogen-bond donors (Lipinski definition) is 1. The van der Waals surface area contributed by atoms with Gasteiger partial charge in [-0.1, -0.05) is 0 Å². The van der Waals surface area contributed by atoms with E-state index in [0.717, 1.165) is 6.07 Å². The normalized spacial score (nSPS) is 11.6. The molecule has 4 nitrogen and oxygen atoms in total. The molecule has 2 rings (SSSR count). The van der Waals surface area contributed by atoms with Crippen LogP contribution in [0.3, 0.4) is 0 Å². The minimum Gasteiger partial charge on any atom is -0.494 e. The van der Waals surface area contributed by atoms with E-state index >= 15 is 0 Å². The van der Waals surface area contributed by atoms with Gasteiger partial charge in [0.1, 0.15) is 5.69 Å². The van der Waals surface area contributed by atoms with Gasteiger partial charge < -0.3 is 10.5 Å². The number of pyridine rings is 1. The summed E-state index contributed by atoms with van der Waals surface area (Å²) in [5.74, 6) is 0.140. The molecule has 0 saturated carbocycles. The summed E-state index contributed by atoms with van der Waals surface area (Å²) in [7, 11) is 1.32. The molecule has 0 saturated heterocycles. The standard InChI is InChI=1S/C12H9F3N2O2/c1-19-11-7-2-3-9(12(13,14)15)17-8(7)4-6(5-18)10(11)16/h2-5H,16H2,1H3. The van der Waals surface area contributed by atoms with Gasteiger partial charge in [-0.2, -0.15) is 13.2 Å². The zero-order valence-electron chi connectivity index (χ0n) is 9.78. The SMILES string of the molecule is COc1c(N)c(C=O)cc2nc(C(F)(F)F)ccc12. The molecule has 0 aliphatic heterocycles. The van der Waals surface area contributed by atoms with Gasteiger partial charge in [0.2, 0.25) is 0 Å².